The molecule has 1 aliphatic carbocycles. The summed E-state index contributed by atoms with van der Waals surface area (Å²) in [6.07, 6.45) is 9.83. The van der Waals surface area contributed by atoms with Gasteiger partial charge >= 0.3 is 0 Å². The van der Waals surface area contributed by atoms with E-state index in [9.17, 15) is 5.26 Å². The van der Waals surface area contributed by atoms with E-state index in [1.807, 2.05) is 78.9 Å². The van der Waals surface area contributed by atoms with E-state index in [1.165, 1.54) is 21.9 Å². The lowest BCUT2D eigenvalue weighted by Gasteiger charge is -2.21. The number of hydrogen-bond acceptors (Lipinski definition) is 4. The lowest BCUT2D eigenvalue weighted by molar-refractivity contribution is 0.855. The van der Waals surface area contributed by atoms with Gasteiger partial charge in [0.15, 0.2) is 17.5 Å². The fraction of sp³-hybridized carbons (Fsp3) is 0.0286. The van der Waals surface area contributed by atoms with Crippen molar-refractivity contribution >= 4 is 43.6 Å². The van der Waals surface area contributed by atoms with Crippen molar-refractivity contribution in [2.24, 2.45) is 0 Å². The maximum absolute atomic E-state index is 10.2. The third-order valence-electron chi connectivity index (χ3n) is 14.9. The molecule has 0 radical (unpaired) electrons. The summed E-state index contributed by atoms with van der Waals surface area (Å²) in [5, 5.41) is 14.9. The van der Waals surface area contributed by atoms with Crippen molar-refractivity contribution in [3.8, 4) is 85.0 Å². The minimum absolute atomic E-state index is 0.299. The molecule has 1 atom stereocenters. The summed E-state index contributed by atoms with van der Waals surface area (Å²) >= 11 is 0. The molecule has 0 bridgehead atoms. The van der Waals surface area contributed by atoms with Crippen molar-refractivity contribution in [2.45, 2.75) is 12.3 Å². The van der Waals surface area contributed by atoms with E-state index < -0.39 is 0 Å². The lowest BCUT2D eigenvalue weighted by atomic mass is 9.91. The molecule has 0 spiro atoms. The van der Waals surface area contributed by atoms with Crippen LogP contribution in [0.15, 0.2) is 261 Å². The van der Waals surface area contributed by atoms with Crippen LogP contribution in [-0.2, 0) is 0 Å². The van der Waals surface area contributed by atoms with Crippen LogP contribution in [0.4, 0.5) is 0 Å². The molecule has 0 fully saturated rings. The molecule has 14 rings (SSSR count). The molecule has 0 amide bonds. The number of benzene rings is 10. The smallest absolute Gasteiger partial charge is 0.164 e. The predicted octanol–water partition coefficient (Wildman–Crippen LogP) is 17.5. The summed E-state index contributed by atoms with van der Waals surface area (Å²) in [5.74, 6) is 2.05. The second-order valence-corrected chi connectivity index (χ2v) is 19.4. The number of aromatic nitrogens is 5. The Morgan fingerprint density at radius 1 is 0.368 bits per heavy atom. The minimum atomic E-state index is 0.299. The zero-order valence-corrected chi connectivity index (χ0v) is 41.3. The molecule has 10 aromatic carbocycles. The summed E-state index contributed by atoms with van der Waals surface area (Å²) < 4.78 is 4.86. The molecule has 1 unspecified atom stereocenters. The zero-order valence-electron chi connectivity index (χ0n) is 41.3. The standard InChI is InChI=1S/C70H46N6/c71-45-46-18-17-27-51(40-46)54-34-38-66(75-62-30-15-13-28-56(62)58-41-52(32-36-64(58)75)47-19-5-1-6-20-47)60(43-54)61-44-55(70-73-68(49-23-9-3-10-24-49)72-69(74-70)50-25-11-4-12-26-50)35-39-67(61)76-63-31-16-14-29-57(63)59-42-53(33-37-65(59)76)48-21-7-2-8-22-48/h1-21,23-44,48H,22H2. The minimum Gasteiger partial charge on any atom is -0.309 e. The zero-order chi connectivity index (χ0) is 50.5. The average molecular weight is 971 g/mol. The van der Waals surface area contributed by atoms with Gasteiger partial charge < -0.3 is 9.13 Å². The molecule has 1 aliphatic rings. The van der Waals surface area contributed by atoms with Gasteiger partial charge in [0.25, 0.3) is 0 Å². The van der Waals surface area contributed by atoms with Crippen LogP contribution in [0, 0.1) is 11.3 Å². The first-order chi connectivity index (χ1) is 37.6. The number of hydrogen-bond donors (Lipinski definition) is 0. The summed E-state index contributed by atoms with van der Waals surface area (Å²) in [5.41, 5.74) is 17.2. The molecule has 0 aliphatic heterocycles. The molecular formula is C70H46N6. The van der Waals surface area contributed by atoms with Gasteiger partial charge in [0, 0.05) is 55.3 Å². The SMILES string of the molecule is N#Cc1cccc(-c2ccc(-n3c4ccccc4c4cc(-c5ccccc5)ccc43)c(-c3cc(-c4nc(-c5ccccc5)nc(-c5ccccc5)n4)ccc3-n3c4ccccc4c4cc(C5C=CC=CC5)ccc43)c2)c1. The van der Waals surface area contributed by atoms with E-state index in [0.29, 0.717) is 29.0 Å². The second kappa shape index (κ2) is 18.7. The Kier molecular flexibility index (Phi) is 10.9. The van der Waals surface area contributed by atoms with Crippen LogP contribution in [0.1, 0.15) is 23.5 Å². The summed E-state index contributed by atoms with van der Waals surface area (Å²) in [7, 11) is 0. The van der Waals surface area contributed by atoms with Gasteiger partial charge in [0.05, 0.1) is 45.1 Å². The van der Waals surface area contributed by atoms with Crippen LogP contribution < -0.4 is 0 Å². The van der Waals surface area contributed by atoms with Crippen molar-refractivity contribution in [1.29, 1.82) is 5.26 Å². The van der Waals surface area contributed by atoms with Crippen molar-refractivity contribution in [3.05, 3.63) is 272 Å². The van der Waals surface area contributed by atoms with Crippen LogP contribution in [0.2, 0.25) is 0 Å². The molecule has 3 heterocycles. The first-order valence-electron chi connectivity index (χ1n) is 25.8. The maximum atomic E-state index is 10.2. The summed E-state index contributed by atoms with van der Waals surface area (Å²) in [6, 6.07) is 85.9. The molecule has 356 valence electrons. The first-order valence-corrected chi connectivity index (χ1v) is 25.8. The third kappa shape index (κ3) is 7.78. The average Bonchev–Trinajstić information content (AvgIpc) is 4.14. The van der Waals surface area contributed by atoms with Crippen molar-refractivity contribution in [1.82, 2.24) is 24.1 Å². The second-order valence-electron chi connectivity index (χ2n) is 19.4. The van der Waals surface area contributed by atoms with Gasteiger partial charge in [-0.05, 0) is 113 Å². The Morgan fingerprint density at radius 3 is 1.45 bits per heavy atom. The van der Waals surface area contributed by atoms with Crippen LogP contribution in [0.3, 0.4) is 0 Å². The highest BCUT2D eigenvalue weighted by atomic mass is 15.0. The fourth-order valence-corrected chi connectivity index (χ4v) is 11.3. The van der Waals surface area contributed by atoms with Crippen LogP contribution in [-0.4, -0.2) is 24.1 Å². The van der Waals surface area contributed by atoms with E-state index in [1.54, 1.807) is 0 Å². The predicted molar refractivity (Wildman–Crippen MR) is 311 cm³/mol. The Labute approximate surface area is 440 Å². The van der Waals surface area contributed by atoms with Crippen molar-refractivity contribution in [3.63, 3.8) is 0 Å². The number of nitrogens with zero attached hydrogens (tertiary/aromatic N) is 6. The normalized spacial score (nSPS) is 13.2. The van der Waals surface area contributed by atoms with Gasteiger partial charge in [-0.1, -0.05) is 182 Å². The van der Waals surface area contributed by atoms with Gasteiger partial charge in [-0.15, -0.1) is 0 Å². The highest BCUT2D eigenvalue weighted by Gasteiger charge is 2.24. The van der Waals surface area contributed by atoms with Crippen LogP contribution in [0.25, 0.3) is 123 Å². The van der Waals surface area contributed by atoms with E-state index in [2.05, 4.69) is 197 Å². The number of fused-ring (bicyclic) bond motifs is 6. The highest BCUT2D eigenvalue weighted by molar-refractivity contribution is 6.12. The number of para-hydroxylation sites is 2. The topological polar surface area (TPSA) is 72.3 Å². The van der Waals surface area contributed by atoms with E-state index >= 15 is 0 Å². The molecule has 6 nitrogen and oxygen atoms in total. The molecule has 0 saturated carbocycles. The number of nitriles is 1. The Balaban J connectivity index is 1.09. The molecule has 76 heavy (non-hydrogen) atoms. The molecule has 0 N–H and O–H groups in total. The molecule has 0 saturated heterocycles. The van der Waals surface area contributed by atoms with E-state index in [0.717, 1.165) is 95.1 Å². The summed E-state index contributed by atoms with van der Waals surface area (Å²) in [4.78, 5) is 15.6. The van der Waals surface area contributed by atoms with Gasteiger partial charge in [0.2, 0.25) is 0 Å². The van der Waals surface area contributed by atoms with Crippen LogP contribution in [0.5, 0.6) is 0 Å². The van der Waals surface area contributed by atoms with Gasteiger partial charge in [-0.25, -0.2) is 15.0 Å². The Morgan fingerprint density at radius 2 is 0.842 bits per heavy atom. The maximum Gasteiger partial charge on any atom is 0.164 e. The quantitative estimate of drug-likeness (QED) is 0.144. The Hall–Kier alpha value is -10.2. The van der Waals surface area contributed by atoms with Crippen molar-refractivity contribution in [2.75, 3.05) is 0 Å². The first kappa shape index (κ1) is 44.5. The monoisotopic (exact) mass is 970 g/mol. The van der Waals surface area contributed by atoms with E-state index in [4.69, 9.17) is 15.0 Å². The van der Waals surface area contributed by atoms with Crippen LogP contribution >= 0.6 is 0 Å². The summed E-state index contributed by atoms with van der Waals surface area (Å²) in [6.45, 7) is 0. The van der Waals surface area contributed by atoms with Crippen molar-refractivity contribution < 1.29 is 0 Å². The molecule has 6 heteroatoms. The number of rotatable bonds is 9. The largest absolute Gasteiger partial charge is 0.309 e. The van der Waals surface area contributed by atoms with Gasteiger partial charge in [-0.3, -0.25) is 0 Å². The molecule has 13 aromatic rings. The lowest BCUT2D eigenvalue weighted by Crippen LogP contribution is -2.04. The van der Waals surface area contributed by atoms with Gasteiger partial charge in [-0.2, -0.15) is 5.26 Å². The third-order valence-corrected chi connectivity index (χ3v) is 14.9. The Bertz CT molecular complexity index is 4440. The number of allylic oxidation sites excluding steroid dienone is 4. The van der Waals surface area contributed by atoms with Gasteiger partial charge in [0.1, 0.15) is 0 Å². The molecule has 3 aromatic heterocycles. The fourth-order valence-electron chi connectivity index (χ4n) is 11.3. The molecular weight excluding hydrogens is 925 g/mol. The highest BCUT2D eigenvalue weighted by Crippen LogP contribution is 2.45. The van der Waals surface area contributed by atoms with E-state index in [-0.39, 0.29) is 0 Å².